The number of fused-ring (bicyclic) bond motifs is 2. The minimum Gasteiger partial charge on any atom is -0.300 e. The summed E-state index contributed by atoms with van der Waals surface area (Å²) < 4.78 is 0. The molecule has 0 aliphatic heterocycles. The smallest absolute Gasteiger partial charge is 0.133 e. The monoisotopic (exact) mass is 206 g/mol. The molecule has 4 atom stereocenters. The zero-order chi connectivity index (χ0) is 11.2. The van der Waals surface area contributed by atoms with E-state index in [0.29, 0.717) is 23.5 Å². The van der Waals surface area contributed by atoms with Gasteiger partial charge in [0.05, 0.1) is 0 Å². The molecule has 3 aliphatic rings. The van der Waals surface area contributed by atoms with Crippen LogP contribution in [-0.2, 0) is 4.79 Å². The average Bonchev–Trinajstić information content (AvgIpc) is 2.16. The first kappa shape index (κ1) is 10.9. The molecule has 1 nitrogen and oxygen atoms in total. The van der Waals surface area contributed by atoms with Crippen LogP contribution < -0.4 is 0 Å². The van der Waals surface area contributed by atoms with Crippen LogP contribution in [0, 0.1) is 29.6 Å². The largest absolute Gasteiger partial charge is 0.300 e. The predicted molar refractivity (Wildman–Crippen MR) is 62.5 cm³/mol. The number of ketones is 1. The zero-order valence-corrected chi connectivity index (χ0v) is 10.3. The van der Waals surface area contributed by atoms with Gasteiger partial charge in [0.2, 0.25) is 0 Å². The Bertz CT molecular complexity index is 300. The van der Waals surface area contributed by atoms with Gasteiger partial charge in [-0.1, -0.05) is 25.5 Å². The van der Waals surface area contributed by atoms with Gasteiger partial charge in [-0.2, -0.15) is 0 Å². The molecule has 1 fully saturated rings. The summed E-state index contributed by atoms with van der Waals surface area (Å²) in [4.78, 5) is 11.6. The lowest BCUT2D eigenvalue weighted by atomic mass is 9.58. The van der Waals surface area contributed by atoms with E-state index in [0.717, 1.165) is 18.3 Å². The molecule has 84 valence electrons. The molecular formula is C14H22O. The second-order valence-electron chi connectivity index (χ2n) is 5.78. The molecule has 1 heteroatoms. The van der Waals surface area contributed by atoms with Gasteiger partial charge in [-0.15, -0.1) is 0 Å². The third-order valence-electron chi connectivity index (χ3n) is 4.53. The van der Waals surface area contributed by atoms with Crippen LogP contribution >= 0.6 is 0 Å². The van der Waals surface area contributed by atoms with Crippen molar-refractivity contribution in [3.05, 3.63) is 11.6 Å². The number of hydrogen-bond acceptors (Lipinski definition) is 1. The number of carbonyl (C=O) groups excluding carboxylic acids is 1. The van der Waals surface area contributed by atoms with Crippen molar-refractivity contribution in [1.29, 1.82) is 0 Å². The normalized spacial score (nSPS) is 39.4. The second kappa shape index (κ2) is 3.77. The Hall–Kier alpha value is -0.590. The van der Waals surface area contributed by atoms with E-state index in [1.165, 1.54) is 12.0 Å². The van der Waals surface area contributed by atoms with E-state index in [1.807, 2.05) is 0 Å². The van der Waals surface area contributed by atoms with Gasteiger partial charge in [0.25, 0.3) is 0 Å². The van der Waals surface area contributed by atoms with Crippen LogP contribution in [0.25, 0.3) is 0 Å². The molecule has 0 aromatic heterocycles. The summed E-state index contributed by atoms with van der Waals surface area (Å²) in [5.74, 6) is 3.53. The molecule has 15 heavy (non-hydrogen) atoms. The molecule has 0 amide bonds. The molecule has 1 saturated carbocycles. The molecule has 0 aromatic carbocycles. The van der Waals surface area contributed by atoms with Crippen LogP contribution in [0.2, 0.25) is 0 Å². The van der Waals surface area contributed by atoms with Crippen LogP contribution in [0.1, 0.15) is 40.5 Å². The Morgan fingerprint density at radius 1 is 1.40 bits per heavy atom. The third kappa shape index (κ3) is 1.77. The van der Waals surface area contributed by atoms with Gasteiger partial charge < -0.3 is 0 Å². The summed E-state index contributed by atoms with van der Waals surface area (Å²) in [6, 6.07) is 0. The van der Waals surface area contributed by atoms with Gasteiger partial charge in [-0.05, 0) is 50.4 Å². The van der Waals surface area contributed by atoms with Gasteiger partial charge in [0.1, 0.15) is 5.78 Å². The second-order valence-corrected chi connectivity index (χ2v) is 5.78. The molecule has 0 spiro atoms. The standard InChI is InChI=1S/C14H22O/c1-8(2)12-7-13-9(3)5-11(12)6-14(13)10(4)15/h5,8,11-14H,6-7H2,1-4H3/t11-,12-,13+,14+/m0/s1. The summed E-state index contributed by atoms with van der Waals surface area (Å²) >= 11 is 0. The Balaban J connectivity index is 2.23. The van der Waals surface area contributed by atoms with E-state index in [4.69, 9.17) is 0 Å². The fraction of sp³-hybridized carbons (Fsp3) is 0.786. The first-order valence-electron chi connectivity index (χ1n) is 6.19. The number of allylic oxidation sites excluding steroid dienone is 2. The molecule has 2 bridgehead atoms. The molecule has 3 rings (SSSR count). The highest BCUT2D eigenvalue weighted by atomic mass is 16.1. The molecular weight excluding hydrogens is 184 g/mol. The topological polar surface area (TPSA) is 17.1 Å². The first-order chi connectivity index (χ1) is 7.00. The van der Waals surface area contributed by atoms with Crippen molar-refractivity contribution in [2.45, 2.75) is 40.5 Å². The van der Waals surface area contributed by atoms with E-state index >= 15 is 0 Å². The fourth-order valence-corrected chi connectivity index (χ4v) is 3.64. The highest BCUT2D eigenvalue weighted by Gasteiger charge is 2.43. The summed E-state index contributed by atoms with van der Waals surface area (Å²) in [5, 5.41) is 0. The molecule has 0 aromatic rings. The van der Waals surface area contributed by atoms with E-state index in [2.05, 4.69) is 26.8 Å². The van der Waals surface area contributed by atoms with Crippen molar-refractivity contribution in [2.24, 2.45) is 29.6 Å². The maximum absolute atomic E-state index is 11.6. The lowest BCUT2D eigenvalue weighted by Crippen LogP contribution is -2.41. The van der Waals surface area contributed by atoms with E-state index in [1.54, 1.807) is 6.92 Å². The number of rotatable bonds is 2. The first-order valence-corrected chi connectivity index (χ1v) is 6.19. The Morgan fingerprint density at radius 3 is 2.53 bits per heavy atom. The van der Waals surface area contributed by atoms with Crippen LogP contribution in [0.3, 0.4) is 0 Å². The Labute approximate surface area is 92.9 Å². The van der Waals surface area contributed by atoms with Gasteiger partial charge in [0, 0.05) is 5.92 Å². The van der Waals surface area contributed by atoms with Gasteiger partial charge in [0.15, 0.2) is 0 Å². The van der Waals surface area contributed by atoms with E-state index in [-0.39, 0.29) is 0 Å². The molecule has 0 heterocycles. The van der Waals surface area contributed by atoms with Crippen molar-refractivity contribution in [3.8, 4) is 0 Å². The molecule has 3 aliphatic carbocycles. The average molecular weight is 206 g/mol. The summed E-state index contributed by atoms with van der Waals surface area (Å²) in [7, 11) is 0. The lowest BCUT2D eigenvalue weighted by Gasteiger charge is -2.46. The molecule has 0 unspecified atom stereocenters. The molecule has 0 saturated heterocycles. The summed E-state index contributed by atoms with van der Waals surface area (Å²) in [5.41, 5.74) is 1.48. The zero-order valence-electron chi connectivity index (χ0n) is 10.3. The predicted octanol–water partition coefficient (Wildman–Crippen LogP) is 3.45. The molecule has 0 N–H and O–H groups in total. The summed E-state index contributed by atoms with van der Waals surface area (Å²) in [6.45, 7) is 8.61. The van der Waals surface area contributed by atoms with Crippen LogP contribution in [0.5, 0.6) is 0 Å². The van der Waals surface area contributed by atoms with E-state index in [9.17, 15) is 4.79 Å². The highest BCUT2D eigenvalue weighted by Crippen LogP contribution is 2.49. The number of hydrogen-bond donors (Lipinski definition) is 0. The van der Waals surface area contributed by atoms with Crippen molar-refractivity contribution < 1.29 is 4.79 Å². The lowest BCUT2D eigenvalue weighted by molar-refractivity contribution is -0.124. The Kier molecular flexibility index (Phi) is 2.74. The highest BCUT2D eigenvalue weighted by molar-refractivity contribution is 5.79. The number of Topliss-reactive ketones (excluding diaryl/α,β-unsaturated/α-hetero) is 1. The van der Waals surface area contributed by atoms with Crippen LogP contribution in [0.15, 0.2) is 11.6 Å². The minimum absolute atomic E-state index is 0.329. The van der Waals surface area contributed by atoms with Crippen LogP contribution in [-0.4, -0.2) is 5.78 Å². The minimum atomic E-state index is 0.329. The SMILES string of the molecule is CC(=O)[C@H]1C[C@@H]2C=C(C)[C@H]1C[C@H]2C(C)C. The van der Waals surface area contributed by atoms with Gasteiger partial charge in [-0.3, -0.25) is 4.79 Å². The van der Waals surface area contributed by atoms with Crippen molar-refractivity contribution in [1.82, 2.24) is 0 Å². The van der Waals surface area contributed by atoms with Crippen molar-refractivity contribution >= 4 is 5.78 Å². The fourth-order valence-electron chi connectivity index (χ4n) is 3.64. The van der Waals surface area contributed by atoms with Gasteiger partial charge in [-0.25, -0.2) is 0 Å². The quantitative estimate of drug-likeness (QED) is 0.632. The number of carbonyl (C=O) groups is 1. The summed E-state index contributed by atoms with van der Waals surface area (Å²) in [6.07, 6.45) is 4.80. The van der Waals surface area contributed by atoms with E-state index < -0.39 is 0 Å². The van der Waals surface area contributed by atoms with Crippen molar-refractivity contribution in [3.63, 3.8) is 0 Å². The maximum atomic E-state index is 11.6. The Morgan fingerprint density at radius 2 is 2.07 bits per heavy atom. The maximum Gasteiger partial charge on any atom is 0.133 e. The van der Waals surface area contributed by atoms with Crippen molar-refractivity contribution in [2.75, 3.05) is 0 Å². The van der Waals surface area contributed by atoms with Crippen LogP contribution in [0.4, 0.5) is 0 Å². The molecule has 0 radical (unpaired) electrons. The third-order valence-corrected chi connectivity index (χ3v) is 4.53. The van der Waals surface area contributed by atoms with Gasteiger partial charge >= 0.3 is 0 Å².